The molecule has 1 saturated heterocycles. The molecule has 178 valence electrons. The van der Waals surface area contributed by atoms with E-state index in [4.69, 9.17) is 22.0 Å². The summed E-state index contributed by atoms with van der Waals surface area (Å²) in [7, 11) is 0. The number of nitrogen functional groups attached to an aromatic ring is 1. The normalized spacial score (nSPS) is 18.6. The van der Waals surface area contributed by atoms with Crippen LogP contribution in [0.4, 0.5) is 4.79 Å². The SMILES string of the molecule is C[C@]1(c2ccc(C(=N)N)cc2)C(=O)N(CC(=O)NC[C@H](N)C(=O)O)C(=O)N1Cc1ccccc1. The van der Waals surface area contributed by atoms with Crippen molar-refractivity contribution in [3.63, 3.8) is 0 Å². The van der Waals surface area contributed by atoms with E-state index >= 15 is 0 Å². The van der Waals surface area contributed by atoms with E-state index in [2.05, 4.69) is 5.32 Å². The van der Waals surface area contributed by atoms with Crippen molar-refractivity contribution in [3.8, 4) is 0 Å². The fraction of sp³-hybridized carbons (Fsp3) is 0.261. The van der Waals surface area contributed by atoms with Gasteiger partial charge in [0, 0.05) is 18.7 Å². The molecule has 1 aliphatic heterocycles. The molecule has 2 aromatic rings. The molecule has 34 heavy (non-hydrogen) atoms. The van der Waals surface area contributed by atoms with E-state index in [1.54, 1.807) is 31.2 Å². The number of nitrogens with one attached hydrogen (secondary N) is 2. The van der Waals surface area contributed by atoms with Crippen LogP contribution in [0.2, 0.25) is 0 Å². The summed E-state index contributed by atoms with van der Waals surface area (Å²) in [6, 6.07) is 13.5. The Labute approximate surface area is 195 Å². The topological polar surface area (TPSA) is 183 Å². The molecule has 7 N–H and O–H groups in total. The van der Waals surface area contributed by atoms with Crippen molar-refractivity contribution in [2.45, 2.75) is 25.0 Å². The number of carbonyl (C=O) groups excluding carboxylic acids is 3. The summed E-state index contributed by atoms with van der Waals surface area (Å²) in [5.41, 5.74) is 11.2. The minimum atomic E-state index is -1.43. The predicted octanol–water partition coefficient (Wildman–Crippen LogP) is 0.178. The summed E-state index contributed by atoms with van der Waals surface area (Å²) in [6.45, 7) is 0.772. The van der Waals surface area contributed by atoms with Crippen LogP contribution in [0.1, 0.15) is 23.6 Å². The molecule has 0 radical (unpaired) electrons. The third-order valence-electron chi connectivity index (χ3n) is 5.74. The van der Waals surface area contributed by atoms with E-state index in [1.807, 2.05) is 30.3 Å². The van der Waals surface area contributed by atoms with Crippen LogP contribution in [0, 0.1) is 5.41 Å². The number of carboxylic acid groups (broad SMARTS) is 1. The Kier molecular flexibility index (Phi) is 6.97. The number of amidine groups is 1. The molecular formula is C23H26N6O5. The van der Waals surface area contributed by atoms with Gasteiger partial charge in [-0.15, -0.1) is 0 Å². The smallest absolute Gasteiger partial charge is 0.328 e. The Morgan fingerprint density at radius 3 is 2.29 bits per heavy atom. The van der Waals surface area contributed by atoms with Gasteiger partial charge in [-0.2, -0.15) is 0 Å². The molecule has 1 aliphatic rings. The van der Waals surface area contributed by atoms with Gasteiger partial charge in [0.25, 0.3) is 5.91 Å². The standard InChI is InChI=1S/C23H26N6O5/c1-23(16-9-7-15(8-10-16)19(25)26)21(33)28(13-18(30)27-11-17(24)20(31)32)22(34)29(23)12-14-5-3-2-4-6-14/h2-10,17H,11-13,24H2,1H3,(H3,25,26)(H,27,30)(H,31,32)/t17-,23-/m0/s1. The number of nitrogens with zero attached hydrogens (tertiary/aromatic N) is 2. The first kappa shape index (κ1) is 24.4. The zero-order valence-corrected chi connectivity index (χ0v) is 18.5. The van der Waals surface area contributed by atoms with Gasteiger partial charge in [0.05, 0.1) is 0 Å². The summed E-state index contributed by atoms with van der Waals surface area (Å²) in [5, 5.41) is 18.8. The first-order valence-electron chi connectivity index (χ1n) is 10.4. The summed E-state index contributed by atoms with van der Waals surface area (Å²) in [5.74, 6) is -2.75. The number of carbonyl (C=O) groups is 4. The first-order valence-corrected chi connectivity index (χ1v) is 10.4. The third kappa shape index (κ3) is 4.74. The number of benzene rings is 2. The largest absolute Gasteiger partial charge is 0.480 e. The zero-order valence-electron chi connectivity index (χ0n) is 18.5. The zero-order chi connectivity index (χ0) is 25.0. The van der Waals surface area contributed by atoms with Crippen LogP contribution in [-0.2, 0) is 26.5 Å². The van der Waals surface area contributed by atoms with Gasteiger partial charge in [-0.3, -0.25) is 24.7 Å². The summed E-state index contributed by atoms with van der Waals surface area (Å²) >= 11 is 0. The van der Waals surface area contributed by atoms with Crippen LogP contribution in [0.25, 0.3) is 0 Å². The highest BCUT2D eigenvalue weighted by molar-refractivity contribution is 6.09. The minimum absolute atomic E-state index is 0.110. The van der Waals surface area contributed by atoms with Crippen molar-refractivity contribution in [1.29, 1.82) is 5.41 Å². The van der Waals surface area contributed by atoms with Gasteiger partial charge in [0.15, 0.2) is 0 Å². The molecule has 4 amide bonds. The lowest BCUT2D eigenvalue weighted by atomic mass is 9.89. The molecular weight excluding hydrogens is 440 g/mol. The molecule has 0 saturated carbocycles. The monoisotopic (exact) mass is 466 g/mol. The minimum Gasteiger partial charge on any atom is -0.480 e. The number of nitrogens with two attached hydrogens (primary N) is 2. The average molecular weight is 466 g/mol. The summed E-state index contributed by atoms with van der Waals surface area (Å²) in [6.07, 6.45) is 0. The van der Waals surface area contributed by atoms with Crippen LogP contribution < -0.4 is 16.8 Å². The van der Waals surface area contributed by atoms with Crippen molar-refractivity contribution in [3.05, 3.63) is 71.3 Å². The highest BCUT2D eigenvalue weighted by Crippen LogP contribution is 2.38. The Morgan fingerprint density at radius 1 is 1.12 bits per heavy atom. The molecule has 11 heteroatoms. The number of carboxylic acids is 1. The number of hydrogen-bond donors (Lipinski definition) is 5. The van der Waals surface area contributed by atoms with Crippen molar-refractivity contribution < 1.29 is 24.3 Å². The number of urea groups is 1. The van der Waals surface area contributed by atoms with E-state index in [-0.39, 0.29) is 18.9 Å². The number of aliphatic carboxylic acids is 1. The molecule has 2 aromatic carbocycles. The van der Waals surface area contributed by atoms with Crippen LogP contribution in [0.3, 0.4) is 0 Å². The lowest BCUT2D eigenvalue weighted by Gasteiger charge is -2.32. The summed E-state index contributed by atoms with van der Waals surface area (Å²) in [4.78, 5) is 52.3. The maximum Gasteiger partial charge on any atom is 0.328 e. The predicted molar refractivity (Wildman–Crippen MR) is 123 cm³/mol. The molecule has 0 spiro atoms. The Balaban J connectivity index is 1.92. The molecule has 0 aliphatic carbocycles. The molecule has 11 nitrogen and oxygen atoms in total. The lowest BCUT2D eigenvalue weighted by Crippen LogP contribution is -2.47. The van der Waals surface area contributed by atoms with Crippen LogP contribution >= 0.6 is 0 Å². The van der Waals surface area contributed by atoms with Crippen LogP contribution in [0.5, 0.6) is 0 Å². The molecule has 0 aromatic heterocycles. The third-order valence-corrected chi connectivity index (χ3v) is 5.74. The number of amides is 4. The maximum atomic E-state index is 13.5. The molecule has 0 bridgehead atoms. The van der Waals surface area contributed by atoms with Gasteiger partial charge in [-0.25, -0.2) is 4.79 Å². The number of imide groups is 1. The average Bonchev–Trinajstić information content (AvgIpc) is 2.99. The van der Waals surface area contributed by atoms with Crippen molar-refractivity contribution in [2.24, 2.45) is 11.5 Å². The van der Waals surface area contributed by atoms with Crippen molar-refractivity contribution in [1.82, 2.24) is 15.1 Å². The lowest BCUT2D eigenvalue weighted by molar-refractivity contribution is -0.139. The Morgan fingerprint density at radius 2 is 1.74 bits per heavy atom. The van der Waals surface area contributed by atoms with Gasteiger partial charge >= 0.3 is 12.0 Å². The Bertz CT molecular complexity index is 1120. The van der Waals surface area contributed by atoms with E-state index < -0.39 is 41.9 Å². The van der Waals surface area contributed by atoms with Gasteiger partial charge in [-0.05, 0) is 18.1 Å². The van der Waals surface area contributed by atoms with Gasteiger partial charge in [-0.1, -0.05) is 54.6 Å². The fourth-order valence-corrected chi connectivity index (χ4v) is 3.70. The highest BCUT2D eigenvalue weighted by Gasteiger charge is 2.55. The van der Waals surface area contributed by atoms with Gasteiger partial charge in [0.2, 0.25) is 5.91 Å². The second-order valence-electron chi connectivity index (χ2n) is 8.06. The first-order chi connectivity index (χ1) is 16.1. The molecule has 3 rings (SSSR count). The van der Waals surface area contributed by atoms with E-state index in [1.165, 1.54) is 4.90 Å². The van der Waals surface area contributed by atoms with Crippen LogP contribution in [0.15, 0.2) is 54.6 Å². The summed E-state index contributed by atoms with van der Waals surface area (Å²) < 4.78 is 0. The molecule has 2 atom stereocenters. The van der Waals surface area contributed by atoms with E-state index in [9.17, 15) is 19.2 Å². The van der Waals surface area contributed by atoms with E-state index in [0.29, 0.717) is 11.1 Å². The highest BCUT2D eigenvalue weighted by atomic mass is 16.4. The maximum absolute atomic E-state index is 13.5. The molecule has 1 heterocycles. The van der Waals surface area contributed by atoms with Gasteiger partial charge in [0.1, 0.15) is 24.0 Å². The number of hydrogen-bond acceptors (Lipinski definition) is 6. The Hall–Kier alpha value is -4.25. The quantitative estimate of drug-likeness (QED) is 0.198. The molecule has 1 fully saturated rings. The number of rotatable bonds is 9. The molecule has 0 unspecified atom stereocenters. The fourth-order valence-electron chi connectivity index (χ4n) is 3.70. The second-order valence-corrected chi connectivity index (χ2v) is 8.06. The van der Waals surface area contributed by atoms with Crippen molar-refractivity contribution >= 4 is 29.7 Å². The van der Waals surface area contributed by atoms with Crippen molar-refractivity contribution in [2.75, 3.05) is 13.1 Å². The van der Waals surface area contributed by atoms with Crippen LogP contribution in [-0.4, -0.2) is 63.7 Å². The van der Waals surface area contributed by atoms with E-state index in [0.717, 1.165) is 10.5 Å². The second kappa shape index (κ2) is 9.71. The van der Waals surface area contributed by atoms with Gasteiger partial charge < -0.3 is 26.8 Å².